The van der Waals surface area contributed by atoms with Gasteiger partial charge < -0.3 is 24.8 Å². The largest absolute Gasteiger partial charge is 0.491 e. The zero-order valence-electron chi connectivity index (χ0n) is 19.1. The molecule has 3 rings (SSSR count). The number of alkyl halides is 1. The molecule has 2 atom stereocenters. The topological polar surface area (TPSA) is 110 Å². The number of benzene rings is 2. The van der Waals surface area contributed by atoms with Gasteiger partial charge in [-0.2, -0.15) is 0 Å². The molecule has 34 heavy (non-hydrogen) atoms. The number of aliphatic hydroxyl groups is 3. The lowest BCUT2D eigenvalue weighted by atomic mass is 9.78. The van der Waals surface area contributed by atoms with Gasteiger partial charge in [-0.1, -0.05) is 37.3 Å². The van der Waals surface area contributed by atoms with E-state index >= 15 is 0 Å². The molecule has 0 amide bonds. The highest BCUT2D eigenvalue weighted by atomic mass is 123. The third-order valence-electron chi connectivity index (χ3n) is 5.52. The van der Waals surface area contributed by atoms with E-state index in [4.69, 9.17) is 21.1 Å². The number of hydrogen-bond acceptors (Lipinski definition) is 7. The van der Waals surface area contributed by atoms with Crippen LogP contribution in [-0.4, -0.2) is 61.6 Å². The number of aromatic nitrogens is 3. The lowest BCUT2D eigenvalue weighted by Gasteiger charge is -2.27. The molecule has 0 radical (unpaired) electrons. The average molecular weight is 598 g/mol. The first-order valence-electron chi connectivity index (χ1n) is 10.8. The second-order valence-electron chi connectivity index (χ2n) is 8.44. The van der Waals surface area contributed by atoms with Crippen molar-refractivity contribution in [3.05, 3.63) is 69.1 Å². The molecule has 8 nitrogen and oxygen atoms in total. The first-order valence-corrected chi connectivity index (χ1v) is 12.4. The molecular formula is C24H29ClIN3O5. The molecule has 3 N–H and O–H groups in total. The van der Waals surface area contributed by atoms with E-state index in [1.54, 1.807) is 0 Å². The van der Waals surface area contributed by atoms with Crippen molar-refractivity contribution in [1.29, 1.82) is 0 Å². The lowest BCUT2D eigenvalue weighted by molar-refractivity contribution is 0.0866. The van der Waals surface area contributed by atoms with Gasteiger partial charge in [-0.15, -0.1) is 16.7 Å². The van der Waals surface area contributed by atoms with Crippen LogP contribution in [-0.2, 0) is 18.6 Å². The number of nitrogens with zero attached hydrogens (tertiary/aromatic N) is 3. The Morgan fingerprint density at radius 3 is 2.35 bits per heavy atom. The van der Waals surface area contributed by atoms with Crippen LogP contribution >= 0.6 is 34.2 Å². The van der Waals surface area contributed by atoms with Gasteiger partial charge in [-0.3, -0.25) is 0 Å². The Balaban J connectivity index is 1.61. The summed E-state index contributed by atoms with van der Waals surface area (Å²) in [5, 5.41) is 36.7. The molecule has 0 aliphatic heterocycles. The van der Waals surface area contributed by atoms with Crippen molar-refractivity contribution in [3.63, 3.8) is 0 Å². The Labute approximate surface area is 217 Å². The van der Waals surface area contributed by atoms with E-state index in [-0.39, 0.29) is 37.7 Å². The van der Waals surface area contributed by atoms with Gasteiger partial charge in [-0.25, -0.2) is 4.68 Å². The second-order valence-corrected chi connectivity index (χ2v) is 9.91. The Kier molecular flexibility index (Phi) is 9.55. The van der Waals surface area contributed by atoms with E-state index in [1.807, 2.05) is 36.4 Å². The molecule has 0 saturated carbocycles. The van der Waals surface area contributed by atoms with Crippen molar-refractivity contribution in [2.24, 2.45) is 0 Å². The van der Waals surface area contributed by atoms with E-state index in [1.165, 1.54) is 10.9 Å². The highest BCUT2D eigenvalue weighted by molar-refractivity contribution is 14.1. The van der Waals surface area contributed by atoms with Crippen molar-refractivity contribution >= 4 is 34.2 Å². The lowest BCUT2D eigenvalue weighted by Crippen LogP contribution is -2.25. The summed E-state index contributed by atoms with van der Waals surface area (Å²) in [7, 11) is 0. The summed E-state index contributed by atoms with van der Waals surface area (Å²) in [4.78, 5) is 0. The van der Waals surface area contributed by atoms with Crippen LogP contribution in [0.4, 0.5) is 0 Å². The molecule has 0 aliphatic rings. The van der Waals surface area contributed by atoms with Crippen molar-refractivity contribution in [2.45, 2.75) is 44.6 Å². The standard InChI is InChI=1S/C24H29ClIN3O5/c1-24(2,17-5-8-23(22(26)9-17)34-14-19(31)10-25)16-3-6-21(7-4-16)33-15-20(32)12-29-18(13-30)11-27-28-29/h3-9,11,19-20,30-32H,10,12-15H2,1-2H3/i26-4. The summed E-state index contributed by atoms with van der Waals surface area (Å²) in [6.45, 7) is 4.53. The Hall–Kier alpha value is -1.92. The number of aliphatic hydroxyl groups excluding tert-OH is 3. The van der Waals surface area contributed by atoms with Gasteiger partial charge in [0.25, 0.3) is 0 Å². The molecule has 2 unspecified atom stereocenters. The molecule has 2 aromatic carbocycles. The van der Waals surface area contributed by atoms with Crippen LogP contribution in [0.1, 0.15) is 30.7 Å². The molecule has 1 aromatic heterocycles. The molecule has 10 heteroatoms. The van der Waals surface area contributed by atoms with Gasteiger partial charge in [-0.05, 0) is 58.0 Å². The summed E-state index contributed by atoms with van der Waals surface area (Å²) in [6.07, 6.45) is -0.0331. The molecular weight excluding hydrogens is 569 g/mol. The predicted molar refractivity (Wildman–Crippen MR) is 137 cm³/mol. The van der Waals surface area contributed by atoms with Crippen LogP contribution in [0.3, 0.4) is 0 Å². The molecule has 3 aromatic rings. The fourth-order valence-corrected chi connectivity index (χ4v) is 4.13. The Morgan fingerprint density at radius 1 is 1.03 bits per heavy atom. The molecule has 1 heterocycles. The second kappa shape index (κ2) is 12.2. The third kappa shape index (κ3) is 6.82. The van der Waals surface area contributed by atoms with E-state index in [0.29, 0.717) is 17.2 Å². The zero-order valence-corrected chi connectivity index (χ0v) is 22.0. The maximum atomic E-state index is 10.2. The van der Waals surface area contributed by atoms with Crippen LogP contribution in [0.25, 0.3) is 0 Å². The van der Waals surface area contributed by atoms with E-state index in [9.17, 15) is 15.3 Å². The third-order valence-corrected chi connectivity index (χ3v) is 6.72. The molecule has 0 aliphatic carbocycles. The summed E-state index contributed by atoms with van der Waals surface area (Å²) >= 11 is 7.86. The average Bonchev–Trinajstić information content (AvgIpc) is 3.28. The van der Waals surface area contributed by atoms with Crippen LogP contribution in [0.2, 0.25) is 0 Å². The zero-order chi connectivity index (χ0) is 24.7. The highest BCUT2D eigenvalue weighted by Crippen LogP contribution is 2.35. The smallest absolute Gasteiger partial charge is 0.132 e. The minimum Gasteiger partial charge on any atom is -0.491 e. The van der Waals surface area contributed by atoms with Crippen LogP contribution in [0.5, 0.6) is 11.5 Å². The Bertz CT molecular complexity index is 1060. The molecule has 0 saturated heterocycles. The van der Waals surface area contributed by atoms with E-state index < -0.39 is 12.2 Å². The van der Waals surface area contributed by atoms with Gasteiger partial charge in [0.2, 0.25) is 0 Å². The maximum absolute atomic E-state index is 10.2. The van der Waals surface area contributed by atoms with Gasteiger partial charge in [0.05, 0.1) is 34.5 Å². The summed E-state index contributed by atoms with van der Waals surface area (Å²) < 4.78 is 13.8. The predicted octanol–water partition coefficient (Wildman–Crippen LogP) is 3.12. The van der Waals surface area contributed by atoms with Crippen molar-refractivity contribution < 1.29 is 24.8 Å². The van der Waals surface area contributed by atoms with Gasteiger partial charge >= 0.3 is 0 Å². The number of ether oxygens (including phenoxy) is 2. The monoisotopic (exact) mass is 597 g/mol. The quantitative estimate of drug-likeness (QED) is 0.217. The summed E-state index contributed by atoms with van der Waals surface area (Å²) in [6, 6.07) is 13.8. The summed E-state index contributed by atoms with van der Waals surface area (Å²) in [5.74, 6) is 1.49. The molecule has 0 fully saturated rings. The highest BCUT2D eigenvalue weighted by Gasteiger charge is 2.24. The van der Waals surface area contributed by atoms with Crippen molar-refractivity contribution in [2.75, 3.05) is 19.1 Å². The van der Waals surface area contributed by atoms with Gasteiger partial charge in [0, 0.05) is 5.41 Å². The minimum absolute atomic E-state index is 0.0888. The fourth-order valence-electron chi connectivity index (χ4n) is 3.37. The molecule has 184 valence electrons. The van der Waals surface area contributed by atoms with Crippen molar-refractivity contribution in [1.82, 2.24) is 15.0 Å². The first kappa shape index (κ1) is 26.7. The first-order chi connectivity index (χ1) is 16.2. The van der Waals surface area contributed by atoms with Gasteiger partial charge in [0.15, 0.2) is 0 Å². The van der Waals surface area contributed by atoms with E-state index in [0.717, 1.165) is 14.7 Å². The van der Waals surface area contributed by atoms with E-state index in [2.05, 4.69) is 52.8 Å². The van der Waals surface area contributed by atoms with Crippen molar-refractivity contribution in [3.8, 4) is 11.5 Å². The van der Waals surface area contributed by atoms with Crippen LogP contribution < -0.4 is 9.47 Å². The Morgan fingerprint density at radius 2 is 1.71 bits per heavy atom. The van der Waals surface area contributed by atoms with Crippen LogP contribution in [0.15, 0.2) is 48.7 Å². The fraction of sp³-hybridized carbons (Fsp3) is 0.417. The number of halogens is 2. The number of hydrogen-bond donors (Lipinski definition) is 3. The maximum Gasteiger partial charge on any atom is 0.132 e. The van der Waals surface area contributed by atoms with Crippen LogP contribution in [0, 0.1) is 3.57 Å². The SMILES string of the molecule is CC(C)(c1ccc(OCC(O)Cn2nncc2CO)cc1)c1ccc(OCC(O)CCl)c([123I])c1. The number of rotatable bonds is 12. The normalized spacial score (nSPS) is 13.5. The molecule has 0 spiro atoms. The minimum atomic E-state index is -0.795. The molecule has 0 bridgehead atoms. The van der Waals surface area contributed by atoms with Gasteiger partial charge in [0.1, 0.15) is 36.9 Å². The summed E-state index contributed by atoms with van der Waals surface area (Å²) in [5.41, 5.74) is 2.50.